The van der Waals surface area contributed by atoms with Crippen LogP contribution in [0, 0.1) is 17.1 Å². The fourth-order valence-corrected chi connectivity index (χ4v) is 7.50. The third-order valence-corrected chi connectivity index (χ3v) is 10.4. The lowest BCUT2D eigenvalue weighted by Gasteiger charge is -2.48. The van der Waals surface area contributed by atoms with Gasteiger partial charge in [0.15, 0.2) is 5.82 Å². The predicted octanol–water partition coefficient (Wildman–Crippen LogP) is 4.40. The summed E-state index contributed by atoms with van der Waals surface area (Å²) in [4.78, 5) is 29.7. The number of hydrogen-bond acceptors (Lipinski definition) is 8. The highest BCUT2D eigenvalue weighted by Crippen LogP contribution is 2.49. The minimum atomic E-state index is -1.06. The lowest BCUT2D eigenvalue weighted by Crippen LogP contribution is -2.52. The number of anilines is 2. The van der Waals surface area contributed by atoms with Gasteiger partial charge < -0.3 is 35.0 Å². The second-order valence-corrected chi connectivity index (χ2v) is 13.6. The maximum absolute atomic E-state index is 15.7. The number of fused-ring (bicyclic) bond motifs is 1. The Balaban J connectivity index is 1.12. The highest BCUT2D eigenvalue weighted by Gasteiger charge is 2.46. The van der Waals surface area contributed by atoms with Crippen molar-refractivity contribution in [3.8, 4) is 11.8 Å². The van der Waals surface area contributed by atoms with Crippen LogP contribution in [0.1, 0.15) is 71.6 Å². The first-order chi connectivity index (χ1) is 23.8. The zero-order valence-electron chi connectivity index (χ0n) is 27.5. The van der Waals surface area contributed by atoms with Gasteiger partial charge in [0.05, 0.1) is 48.2 Å². The number of nitrogens with one attached hydrogen (secondary N) is 2. The molecule has 7 rings (SSSR count). The van der Waals surface area contributed by atoms with E-state index in [0.717, 1.165) is 61.3 Å². The minimum absolute atomic E-state index is 0.0789. The van der Waals surface area contributed by atoms with Gasteiger partial charge in [0.2, 0.25) is 5.91 Å². The summed E-state index contributed by atoms with van der Waals surface area (Å²) in [5.74, 6) is -0.788. The molecule has 10 nitrogen and oxygen atoms in total. The molecule has 3 N–H and O–H groups in total. The number of ether oxygens (including phenoxy) is 2. The number of carbonyl (C=O) groups is 2. The molecule has 4 aliphatic rings. The fourth-order valence-electron chi connectivity index (χ4n) is 7.50. The summed E-state index contributed by atoms with van der Waals surface area (Å²) in [6, 6.07) is 19.0. The van der Waals surface area contributed by atoms with Crippen molar-refractivity contribution in [1.82, 2.24) is 10.6 Å². The zero-order chi connectivity index (χ0) is 34.0. The van der Waals surface area contributed by atoms with Gasteiger partial charge in [-0.1, -0.05) is 18.2 Å². The van der Waals surface area contributed by atoms with Gasteiger partial charge in [0.25, 0.3) is 5.91 Å². The maximum atomic E-state index is 15.7. The van der Waals surface area contributed by atoms with E-state index in [4.69, 9.17) is 9.47 Å². The lowest BCUT2D eigenvalue weighted by molar-refractivity contribution is -0.117. The number of nitriles is 1. The van der Waals surface area contributed by atoms with Crippen molar-refractivity contribution < 1.29 is 28.6 Å². The smallest absolute Gasteiger partial charge is 0.254 e. The molecule has 3 aliphatic heterocycles. The van der Waals surface area contributed by atoms with Gasteiger partial charge in [-0.3, -0.25) is 9.59 Å². The second-order valence-electron chi connectivity index (χ2n) is 13.6. The number of benzene rings is 3. The number of amides is 2. The number of nitrogens with zero attached hydrogens (tertiary/aromatic N) is 3. The van der Waals surface area contributed by atoms with Crippen LogP contribution in [0.2, 0.25) is 0 Å². The molecule has 3 aromatic rings. The average molecular weight is 668 g/mol. The van der Waals surface area contributed by atoms with E-state index in [1.807, 2.05) is 12.1 Å². The van der Waals surface area contributed by atoms with Crippen molar-refractivity contribution in [3.63, 3.8) is 0 Å². The molecule has 2 amide bonds. The Labute approximate surface area is 285 Å². The third kappa shape index (κ3) is 6.99. The van der Waals surface area contributed by atoms with Crippen molar-refractivity contribution in [3.05, 3.63) is 88.7 Å². The van der Waals surface area contributed by atoms with Crippen LogP contribution in [-0.4, -0.2) is 74.1 Å². The molecule has 11 heteroatoms. The van der Waals surface area contributed by atoms with Gasteiger partial charge >= 0.3 is 0 Å². The molecule has 3 atom stereocenters. The second kappa shape index (κ2) is 14.2. The van der Waals surface area contributed by atoms with Crippen LogP contribution in [-0.2, 0) is 16.0 Å². The van der Waals surface area contributed by atoms with Crippen molar-refractivity contribution in [1.29, 1.82) is 5.26 Å². The molecule has 3 heterocycles. The molecular formula is C38H42FN5O5. The molecule has 3 fully saturated rings. The summed E-state index contributed by atoms with van der Waals surface area (Å²) in [5.41, 5.74) is 2.99. The van der Waals surface area contributed by atoms with Crippen molar-refractivity contribution >= 4 is 23.2 Å². The van der Waals surface area contributed by atoms with Gasteiger partial charge in [0.1, 0.15) is 11.4 Å². The zero-order valence-corrected chi connectivity index (χ0v) is 27.5. The maximum Gasteiger partial charge on any atom is 0.254 e. The fraction of sp³-hybridized carbons (Fsp3) is 0.447. The number of halogens is 1. The normalized spacial score (nSPS) is 20.9. The molecule has 0 radical (unpaired) electrons. The Morgan fingerprint density at radius 2 is 1.90 bits per heavy atom. The van der Waals surface area contributed by atoms with E-state index < -0.39 is 23.9 Å². The lowest BCUT2D eigenvalue weighted by atomic mass is 9.73. The minimum Gasteiger partial charge on any atom is -0.487 e. The van der Waals surface area contributed by atoms with Crippen molar-refractivity contribution in [2.75, 3.05) is 49.2 Å². The van der Waals surface area contributed by atoms with Gasteiger partial charge in [-0.2, -0.15) is 5.26 Å². The van der Waals surface area contributed by atoms with Crippen LogP contribution >= 0.6 is 0 Å². The predicted molar refractivity (Wildman–Crippen MR) is 182 cm³/mol. The first kappa shape index (κ1) is 33.0. The van der Waals surface area contributed by atoms with Gasteiger partial charge in [-0.15, -0.1) is 0 Å². The summed E-state index contributed by atoms with van der Waals surface area (Å²) in [6.07, 6.45) is 3.93. The summed E-state index contributed by atoms with van der Waals surface area (Å²) in [7, 11) is 0. The van der Waals surface area contributed by atoms with Crippen LogP contribution < -0.4 is 25.2 Å². The highest BCUT2D eigenvalue weighted by atomic mass is 19.1. The van der Waals surface area contributed by atoms with Crippen molar-refractivity contribution in [2.24, 2.45) is 0 Å². The van der Waals surface area contributed by atoms with E-state index in [1.54, 1.807) is 24.3 Å². The van der Waals surface area contributed by atoms with Gasteiger partial charge in [-0.25, -0.2) is 4.39 Å². The molecule has 3 aromatic carbocycles. The SMILES string of the molecule is N#Cc1cccc(C[C@H](NC(=O)c2cccc(N3CCCC3=O)c2F)[C@@H](O)CN[C@H]2CC3(CCC3)Oc3ccc(N4CCOCC4)cc32)c1. The number of morpholine rings is 1. The molecule has 1 spiro atoms. The van der Waals surface area contributed by atoms with E-state index in [1.165, 1.54) is 17.0 Å². The number of aliphatic hydroxyl groups excluding tert-OH is 1. The Kier molecular flexibility index (Phi) is 9.54. The number of aliphatic hydroxyl groups is 1. The van der Waals surface area contributed by atoms with Crippen LogP contribution in [0.5, 0.6) is 5.75 Å². The molecular weight excluding hydrogens is 625 g/mol. The van der Waals surface area contributed by atoms with E-state index in [9.17, 15) is 20.0 Å². The summed E-state index contributed by atoms with van der Waals surface area (Å²) < 4.78 is 27.9. The Bertz CT molecular complexity index is 1750. The molecule has 2 saturated heterocycles. The molecule has 0 unspecified atom stereocenters. The monoisotopic (exact) mass is 667 g/mol. The molecule has 256 valence electrons. The molecule has 0 aromatic heterocycles. The van der Waals surface area contributed by atoms with Crippen molar-refractivity contribution in [2.45, 2.75) is 68.7 Å². The summed E-state index contributed by atoms with van der Waals surface area (Å²) in [5, 5.41) is 27.7. The number of carbonyl (C=O) groups excluding carboxylic acids is 2. The quantitative estimate of drug-likeness (QED) is 0.291. The molecule has 1 saturated carbocycles. The van der Waals surface area contributed by atoms with Crippen LogP contribution in [0.15, 0.2) is 60.7 Å². The van der Waals surface area contributed by atoms with Crippen LogP contribution in [0.4, 0.5) is 15.8 Å². The van der Waals surface area contributed by atoms with Crippen LogP contribution in [0.3, 0.4) is 0 Å². The molecule has 1 aliphatic carbocycles. The largest absolute Gasteiger partial charge is 0.487 e. The first-order valence-corrected chi connectivity index (χ1v) is 17.3. The average Bonchev–Trinajstić information content (AvgIpc) is 3.54. The molecule has 0 bridgehead atoms. The topological polar surface area (TPSA) is 127 Å². The number of hydrogen-bond donors (Lipinski definition) is 3. The molecule has 49 heavy (non-hydrogen) atoms. The Morgan fingerprint density at radius 1 is 1.08 bits per heavy atom. The first-order valence-electron chi connectivity index (χ1n) is 17.3. The number of rotatable bonds is 10. The Morgan fingerprint density at radius 3 is 2.63 bits per heavy atom. The van der Waals surface area contributed by atoms with E-state index >= 15 is 4.39 Å². The van der Waals surface area contributed by atoms with E-state index in [2.05, 4.69) is 33.7 Å². The third-order valence-electron chi connectivity index (χ3n) is 10.4. The summed E-state index contributed by atoms with van der Waals surface area (Å²) >= 11 is 0. The Hall–Kier alpha value is -4.50. The van der Waals surface area contributed by atoms with E-state index in [-0.39, 0.29) is 41.8 Å². The summed E-state index contributed by atoms with van der Waals surface area (Å²) in [6.45, 7) is 3.53. The standard InChI is InChI=1S/C38H42FN5O5/c39-36-28(7-2-8-32(36)44-14-3-9-35(44)46)37(47)42-30(20-25-5-1-6-26(19-25)23-40)33(45)24-41-31-22-38(12-4-13-38)49-34-11-10-27(21-29(31)34)43-15-17-48-18-16-43/h1-2,5-8,10-11,19,21,30-31,33,41,45H,3-4,9,12-18,20,22,24H2,(H,42,47)/t30-,31-,33-/m0/s1. The van der Waals surface area contributed by atoms with Gasteiger partial charge in [0, 0.05) is 56.3 Å². The van der Waals surface area contributed by atoms with Gasteiger partial charge in [-0.05, 0) is 80.1 Å². The highest BCUT2D eigenvalue weighted by molar-refractivity contribution is 5.99. The van der Waals surface area contributed by atoms with Crippen LogP contribution in [0.25, 0.3) is 0 Å². The van der Waals surface area contributed by atoms with E-state index in [0.29, 0.717) is 38.2 Å².